The molecule has 0 aliphatic heterocycles. The molecule has 0 aliphatic rings. The van der Waals surface area contributed by atoms with Crippen molar-refractivity contribution in [1.29, 1.82) is 0 Å². The quantitative estimate of drug-likeness (QED) is 0.818. The maximum absolute atomic E-state index is 11.6. The summed E-state index contributed by atoms with van der Waals surface area (Å²) in [4.78, 5) is 11.6. The van der Waals surface area contributed by atoms with Crippen molar-refractivity contribution in [3.05, 3.63) is 34.9 Å². The number of aliphatic hydroxyl groups is 1. The van der Waals surface area contributed by atoms with E-state index in [4.69, 9.17) is 0 Å². The van der Waals surface area contributed by atoms with E-state index in [-0.39, 0.29) is 11.9 Å². The zero-order valence-electron chi connectivity index (χ0n) is 10.2. The van der Waals surface area contributed by atoms with Gasteiger partial charge in [-0.3, -0.25) is 4.79 Å². The molecule has 3 heteroatoms. The normalized spacial score (nSPS) is 12.6. The Kier molecular flexibility index (Phi) is 4.07. The first-order chi connectivity index (χ1) is 7.41. The van der Waals surface area contributed by atoms with Crippen LogP contribution in [0.2, 0.25) is 0 Å². The van der Waals surface area contributed by atoms with Crippen molar-refractivity contribution >= 4 is 5.91 Å². The van der Waals surface area contributed by atoms with Gasteiger partial charge in [0.25, 0.3) is 5.91 Å². The molecule has 16 heavy (non-hydrogen) atoms. The lowest BCUT2D eigenvalue weighted by Gasteiger charge is -2.14. The van der Waals surface area contributed by atoms with E-state index in [9.17, 15) is 9.90 Å². The number of aliphatic hydroxyl groups excluding tert-OH is 1. The number of rotatable bonds is 3. The Morgan fingerprint density at radius 2 is 1.88 bits per heavy atom. The zero-order valence-corrected chi connectivity index (χ0v) is 10.2. The van der Waals surface area contributed by atoms with Crippen molar-refractivity contribution in [1.82, 2.24) is 5.32 Å². The summed E-state index contributed by atoms with van der Waals surface area (Å²) >= 11 is 0. The second-order valence-electron chi connectivity index (χ2n) is 4.41. The standard InChI is InChI=1S/C13H19NO2/c1-8(2)14-13(16)12(15)11-6-5-9(3)10(4)7-11/h5-8,12,15H,1-4H3,(H,14,16). The summed E-state index contributed by atoms with van der Waals surface area (Å²) in [7, 11) is 0. The van der Waals surface area contributed by atoms with Crippen LogP contribution in [0.4, 0.5) is 0 Å². The Hall–Kier alpha value is -1.35. The van der Waals surface area contributed by atoms with Gasteiger partial charge in [0.2, 0.25) is 0 Å². The van der Waals surface area contributed by atoms with Crippen LogP contribution in [0.15, 0.2) is 18.2 Å². The van der Waals surface area contributed by atoms with Gasteiger partial charge < -0.3 is 10.4 Å². The molecule has 0 saturated carbocycles. The molecule has 1 rings (SSSR count). The molecule has 1 atom stereocenters. The number of nitrogens with one attached hydrogen (secondary N) is 1. The second kappa shape index (κ2) is 5.12. The van der Waals surface area contributed by atoms with E-state index in [1.807, 2.05) is 39.8 Å². The molecule has 3 nitrogen and oxygen atoms in total. The summed E-state index contributed by atoms with van der Waals surface area (Å²) in [6, 6.07) is 5.58. The molecule has 0 aromatic heterocycles. The Balaban J connectivity index is 2.83. The van der Waals surface area contributed by atoms with Crippen molar-refractivity contribution in [3.8, 4) is 0 Å². The topological polar surface area (TPSA) is 49.3 Å². The van der Waals surface area contributed by atoms with E-state index >= 15 is 0 Å². The van der Waals surface area contributed by atoms with E-state index in [2.05, 4.69) is 5.32 Å². The lowest BCUT2D eigenvalue weighted by Crippen LogP contribution is -2.34. The second-order valence-corrected chi connectivity index (χ2v) is 4.41. The molecular weight excluding hydrogens is 202 g/mol. The Morgan fingerprint density at radius 1 is 1.25 bits per heavy atom. The minimum atomic E-state index is -1.08. The summed E-state index contributed by atoms with van der Waals surface area (Å²) in [6.45, 7) is 7.70. The van der Waals surface area contributed by atoms with Gasteiger partial charge >= 0.3 is 0 Å². The summed E-state index contributed by atoms with van der Waals surface area (Å²) in [5, 5.41) is 12.5. The molecule has 1 amide bonds. The molecular formula is C13H19NO2. The minimum absolute atomic E-state index is 0.0358. The fourth-order valence-corrected chi connectivity index (χ4v) is 1.45. The Morgan fingerprint density at radius 3 is 2.38 bits per heavy atom. The smallest absolute Gasteiger partial charge is 0.253 e. The molecule has 0 spiro atoms. The minimum Gasteiger partial charge on any atom is -0.378 e. The molecule has 0 bridgehead atoms. The maximum atomic E-state index is 11.6. The number of hydrogen-bond donors (Lipinski definition) is 2. The average Bonchev–Trinajstić information content (AvgIpc) is 2.20. The number of aryl methyl sites for hydroxylation is 2. The SMILES string of the molecule is Cc1ccc(C(O)C(=O)NC(C)C)cc1C. The van der Waals surface area contributed by atoms with Gasteiger partial charge in [-0.25, -0.2) is 0 Å². The van der Waals surface area contributed by atoms with Gasteiger partial charge in [-0.1, -0.05) is 18.2 Å². The number of benzene rings is 1. The highest BCUT2D eigenvalue weighted by Crippen LogP contribution is 2.17. The molecule has 0 aliphatic carbocycles. The van der Waals surface area contributed by atoms with Gasteiger partial charge in [-0.2, -0.15) is 0 Å². The number of carbonyl (C=O) groups excluding carboxylic acids is 1. The predicted molar refractivity (Wildman–Crippen MR) is 64.2 cm³/mol. The van der Waals surface area contributed by atoms with Crippen molar-refractivity contribution in [2.24, 2.45) is 0 Å². The van der Waals surface area contributed by atoms with E-state index in [1.165, 1.54) is 0 Å². The fraction of sp³-hybridized carbons (Fsp3) is 0.462. The molecule has 1 aromatic carbocycles. The van der Waals surface area contributed by atoms with E-state index in [0.717, 1.165) is 11.1 Å². The van der Waals surface area contributed by atoms with Crippen LogP contribution in [0.3, 0.4) is 0 Å². The average molecular weight is 221 g/mol. The van der Waals surface area contributed by atoms with Gasteiger partial charge in [0, 0.05) is 6.04 Å². The first-order valence-electron chi connectivity index (χ1n) is 5.47. The molecule has 0 heterocycles. The van der Waals surface area contributed by atoms with Crippen molar-refractivity contribution < 1.29 is 9.90 Å². The van der Waals surface area contributed by atoms with Gasteiger partial charge in [0.15, 0.2) is 6.10 Å². The highest BCUT2D eigenvalue weighted by Gasteiger charge is 2.17. The van der Waals surface area contributed by atoms with E-state index in [1.54, 1.807) is 6.07 Å². The van der Waals surface area contributed by atoms with Crippen molar-refractivity contribution in [2.75, 3.05) is 0 Å². The summed E-state index contributed by atoms with van der Waals surface area (Å²) in [5.74, 6) is -0.349. The first-order valence-corrected chi connectivity index (χ1v) is 5.47. The van der Waals surface area contributed by atoms with Crippen molar-refractivity contribution in [3.63, 3.8) is 0 Å². The van der Waals surface area contributed by atoms with Crippen LogP contribution < -0.4 is 5.32 Å². The van der Waals surface area contributed by atoms with E-state index < -0.39 is 6.10 Å². The third kappa shape index (κ3) is 3.07. The molecule has 0 saturated heterocycles. The highest BCUT2D eigenvalue weighted by atomic mass is 16.3. The maximum Gasteiger partial charge on any atom is 0.253 e. The van der Waals surface area contributed by atoms with Crippen LogP contribution in [-0.4, -0.2) is 17.1 Å². The summed E-state index contributed by atoms with van der Waals surface area (Å²) in [5.41, 5.74) is 2.87. The summed E-state index contributed by atoms with van der Waals surface area (Å²) < 4.78 is 0. The summed E-state index contributed by atoms with van der Waals surface area (Å²) in [6.07, 6.45) is -1.08. The van der Waals surface area contributed by atoms with Crippen LogP contribution in [-0.2, 0) is 4.79 Å². The predicted octanol–water partition coefficient (Wildman–Crippen LogP) is 1.86. The highest BCUT2D eigenvalue weighted by molar-refractivity contribution is 5.82. The fourth-order valence-electron chi connectivity index (χ4n) is 1.45. The molecule has 0 fully saturated rings. The van der Waals surface area contributed by atoms with Crippen LogP contribution in [0.25, 0.3) is 0 Å². The van der Waals surface area contributed by atoms with Gasteiger partial charge in [0.1, 0.15) is 0 Å². The third-order valence-corrected chi connectivity index (χ3v) is 2.53. The number of carbonyl (C=O) groups is 1. The molecule has 0 radical (unpaired) electrons. The van der Waals surface area contributed by atoms with E-state index in [0.29, 0.717) is 5.56 Å². The number of amides is 1. The zero-order chi connectivity index (χ0) is 12.3. The van der Waals surface area contributed by atoms with Gasteiger partial charge in [-0.15, -0.1) is 0 Å². The molecule has 88 valence electrons. The first kappa shape index (κ1) is 12.7. The van der Waals surface area contributed by atoms with Crippen molar-refractivity contribution in [2.45, 2.75) is 39.8 Å². The lowest BCUT2D eigenvalue weighted by molar-refractivity contribution is -0.130. The molecule has 1 unspecified atom stereocenters. The molecule has 1 aromatic rings. The lowest BCUT2D eigenvalue weighted by atomic mass is 10.0. The third-order valence-electron chi connectivity index (χ3n) is 2.53. The molecule has 2 N–H and O–H groups in total. The monoisotopic (exact) mass is 221 g/mol. The largest absolute Gasteiger partial charge is 0.378 e. The Labute approximate surface area is 96.5 Å². The van der Waals surface area contributed by atoms with Crippen LogP contribution in [0, 0.1) is 13.8 Å². The van der Waals surface area contributed by atoms with Crippen LogP contribution >= 0.6 is 0 Å². The van der Waals surface area contributed by atoms with Crippen LogP contribution in [0.5, 0.6) is 0 Å². The Bertz CT molecular complexity index is 386. The van der Waals surface area contributed by atoms with Crippen LogP contribution in [0.1, 0.15) is 36.6 Å². The number of hydrogen-bond acceptors (Lipinski definition) is 2. The van der Waals surface area contributed by atoms with Gasteiger partial charge in [0.05, 0.1) is 0 Å². The van der Waals surface area contributed by atoms with Gasteiger partial charge in [-0.05, 0) is 44.4 Å².